The fraction of sp³-hybridized carbons (Fsp3) is 0.381. The van der Waals surface area contributed by atoms with E-state index < -0.39 is 49.9 Å². The Balaban J connectivity index is 1.61. The van der Waals surface area contributed by atoms with E-state index in [1.807, 2.05) is 7.05 Å². The lowest BCUT2D eigenvalue weighted by molar-refractivity contribution is -0.117. The number of carbonyl (C=O) groups is 1. The number of carbonyl (C=O) groups excluding carboxylic acids is 1. The maximum atomic E-state index is 15.5. The number of aromatic hydroxyl groups is 1. The van der Waals surface area contributed by atoms with Crippen molar-refractivity contribution in [2.45, 2.75) is 12.8 Å². The second kappa shape index (κ2) is 9.13. The summed E-state index contributed by atoms with van der Waals surface area (Å²) in [4.78, 5) is 11.6. The SMILES string of the molecule is CNCCCCS(=O)(=O)N1CC=C(c2ccc3cc(O)c(N4CC(=O)NS4(=O)=O)c(F)c3c2)C1. The van der Waals surface area contributed by atoms with Crippen molar-refractivity contribution in [3.8, 4) is 5.75 Å². The number of rotatable bonds is 8. The van der Waals surface area contributed by atoms with Crippen LogP contribution in [-0.2, 0) is 25.0 Å². The first kappa shape index (κ1) is 24.4. The van der Waals surface area contributed by atoms with Crippen LogP contribution in [0.5, 0.6) is 5.75 Å². The van der Waals surface area contributed by atoms with E-state index in [1.54, 1.807) is 22.9 Å². The Morgan fingerprint density at radius 2 is 1.97 bits per heavy atom. The molecule has 2 aromatic rings. The van der Waals surface area contributed by atoms with Crippen molar-refractivity contribution in [1.82, 2.24) is 14.3 Å². The number of nitrogens with one attached hydrogen (secondary N) is 2. The number of phenols is 1. The molecule has 184 valence electrons. The summed E-state index contributed by atoms with van der Waals surface area (Å²) in [7, 11) is -5.95. The number of hydrogen-bond donors (Lipinski definition) is 3. The zero-order chi connectivity index (χ0) is 24.7. The summed E-state index contributed by atoms with van der Waals surface area (Å²) < 4.78 is 68.7. The molecule has 0 atom stereocenters. The molecule has 2 heterocycles. The molecule has 0 spiro atoms. The summed E-state index contributed by atoms with van der Waals surface area (Å²) in [6.45, 7) is 0.447. The molecule has 0 saturated carbocycles. The van der Waals surface area contributed by atoms with E-state index in [0.29, 0.717) is 27.2 Å². The van der Waals surface area contributed by atoms with Crippen LogP contribution in [0.1, 0.15) is 18.4 Å². The smallest absolute Gasteiger partial charge is 0.326 e. The lowest BCUT2D eigenvalue weighted by atomic mass is 10.0. The van der Waals surface area contributed by atoms with Crippen molar-refractivity contribution in [2.24, 2.45) is 0 Å². The number of hydrogen-bond acceptors (Lipinski definition) is 7. The lowest BCUT2D eigenvalue weighted by Gasteiger charge is -2.19. The van der Waals surface area contributed by atoms with Gasteiger partial charge in [0.25, 0.3) is 5.91 Å². The minimum Gasteiger partial charge on any atom is -0.506 e. The predicted molar refractivity (Wildman–Crippen MR) is 126 cm³/mol. The summed E-state index contributed by atoms with van der Waals surface area (Å²) in [5.74, 6) is -2.41. The molecule has 0 unspecified atom stereocenters. The van der Waals surface area contributed by atoms with Crippen LogP contribution in [0.25, 0.3) is 16.3 Å². The molecule has 1 saturated heterocycles. The second-order valence-corrected chi connectivity index (χ2v) is 11.9. The Kier molecular flexibility index (Phi) is 6.55. The molecule has 13 heteroatoms. The third-order valence-electron chi connectivity index (χ3n) is 5.83. The van der Waals surface area contributed by atoms with Crippen molar-refractivity contribution < 1.29 is 31.1 Å². The van der Waals surface area contributed by atoms with Gasteiger partial charge in [-0.25, -0.2) is 21.8 Å². The van der Waals surface area contributed by atoms with Crippen LogP contribution in [-0.4, -0.2) is 71.1 Å². The molecule has 10 nitrogen and oxygen atoms in total. The first-order valence-electron chi connectivity index (χ1n) is 10.6. The Bertz CT molecular complexity index is 1390. The molecule has 0 radical (unpaired) electrons. The maximum Gasteiger partial charge on any atom is 0.326 e. The average molecular weight is 513 g/mol. The van der Waals surface area contributed by atoms with Crippen LogP contribution in [0.2, 0.25) is 0 Å². The first-order chi connectivity index (χ1) is 16.0. The molecular weight excluding hydrogens is 487 g/mol. The van der Waals surface area contributed by atoms with E-state index in [1.165, 1.54) is 16.4 Å². The fourth-order valence-electron chi connectivity index (χ4n) is 4.08. The van der Waals surface area contributed by atoms with Gasteiger partial charge in [0.15, 0.2) is 5.82 Å². The third-order valence-corrected chi connectivity index (χ3v) is 9.08. The number of sulfonamides is 1. The zero-order valence-electron chi connectivity index (χ0n) is 18.4. The highest BCUT2D eigenvalue weighted by molar-refractivity contribution is 7.92. The van der Waals surface area contributed by atoms with Gasteiger partial charge >= 0.3 is 10.2 Å². The number of fused-ring (bicyclic) bond motifs is 1. The Morgan fingerprint density at radius 1 is 1.21 bits per heavy atom. The van der Waals surface area contributed by atoms with Crippen molar-refractivity contribution in [3.63, 3.8) is 0 Å². The van der Waals surface area contributed by atoms with Crippen LogP contribution < -0.4 is 14.3 Å². The van der Waals surface area contributed by atoms with Gasteiger partial charge in [0.05, 0.1) is 5.75 Å². The summed E-state index contributed by atoms with van der Waals surface area (Å²) >= 11 is 0. The van der Waals surface area contributed by atoms with Gasteiger partial charge < -0.3 is 10.4 Å². The number of nitrogens with zero attached hydrogens (tertiary/aromatic N) is 2. The van der Waals surface area contributed by atoms with E-state index >= 15 is 4.39 Å². The van der Waals surface area contributed by atoms with Crippen molar-refractivity contribution in [1.29, 1.82) is 0 Å². The van der Waals surface area contributed by atoms with Crippen molar-refractivity contribution in [2.75, 3.05) is 43.3 Å². The van der Waals surface area contributed by atoms with Crippen molar-refractivity contribution in [3.05, 3.63) is 41.7 Å². The zero-order valence-corrected chi connectivity index (χ0v) is 20.0. The van der Waals surface area contributed by atoms with E-state index in [4.69, 9.17) is 0 Å². The number of benzene rings is 2. The van der Waals surface area contributed by atoms with Crippen LogP contribution in [0.4, 0.5) is 10.1 Å². The predicted octanol–water partition coefficient (Wildman–Crippen LogP) is 0.894. The first-order valence-corrected chi connectivity index (χ1v) is 13.7. The Labute approximate surface area is 197 Å². The number of amides is 1. The monoisotopic (exact) mass is 512 g/mol. The molecule has 1 amide bonds. The summed E-state index contributed by atoms with van der Waals surface area (Å²) in [6, 6.07) is 5.96. The second-order valence-electron chi connectivity index (χ2n) is 8.18. The number of unbranched alkanes of at least 4 members (excludes halogenated alkanes) is 1. The molecule has 2 aromatic carbocycles. The van der Waals surface area contributed by atoms with E-state index in [0.717, 1.165) is 13.0 Å². The van der Waals surface area contributed by atoms with Crippen LogP contribution >= 0.6 is 0 Å². The quantitative estimate of drug-likeness (QED) is 0.447. The van der Waals surface area contributed by atoms with Gasteiger partial charge in [0.2, 0.25) is 10.0 Å². The van der Waals surface area contributed by atoms with Gasteiger partial charge in [-0.15, -0.1) is 0 Å². The molecule has 0 aromatic heterocycles. The molecule has 1 fully saturated rings. The largest absolute Gasteiger partial charge is 0.506 e. The molecular formula is C21H25FN4O6S2. The highest BCUT2D eigenvalue weighted by Crippen LogP contribution is 2.39. The van der Waals surface area contributed by atoms with E-state index in [2.05, 4.69) is 5.32 Å². The standard InChI is InChI=1S/C21H25FN4O6S2/c1-23-7-2-3-9-33(29,30)25-8-6-16(12-25)14-4-5-15-11-18(27)21(20(22)17(15)10-14)26-13-19(28)24-34(26,31)32/h4-6,10-11,23,27H,2-3,7-9,12-13H2,1H3,(H,24,28). The molecule has 0 aliphatic carbocycles. The Hall–Kier alpha value is -2.74. The molecule has 2 aliphatic heterocycles. The highest BCUT2D eigenvalue weighted by Gasteiger charge is 2.38. The number of halogens is 1. The van der Waals surface area contributed by atoms with E-state index in [9.17, 15) is 26.7 Å². The van der Waals surface area contributed by atoms with Gasteiger partial charge in [0, 0.05) is 18.5 Å². The van der Waals surface area contributed by atoms with Gasteiger partial charge in [-0.3, -0.25) is 4.79 Å². The van der Waals surface area contributed by atoms with Gasteiger partial charge in [0.1, 0.15) is 18.0 Å². The molecule has 3 N–H and O–H groups in total. The summed E-state index contributed by atoms with van der Waals surface area (Å²) in [6.07, 6.45) is 3.05. The van der Waals surface area contributed by atoms with Gasteiger partial charge in [-0.2, -0.15) is 12.7 Å². The lowest BCUT2D eigenvalue weighted by Crippen LogP contribution is -2.31. The summed E-state index contributed by atoms with van der Waals surface area (Å²) in [5, 5.41) is 13.6. The number of anilines is 1. The highest BCUT2D eigenvalue weighted by atomic mass is 32.2. The van der Waals surface area contributed by atoms with Gasteiger partial charge in [-0.05, 0) is 55.1 Å². The average Bonchev–Trinajstić information content (AvgIpc) is 3.36. The number of phenolic OH excluding ortho intramolecular Hbond substituents is 1. The topological polar surface area (TPSA) is 136 Å². The minimum atomic E-state index is -4.32. The molecule has 34 heavy (non-hydrogen) atoms. The minimum absolute atomic E-state index is 0.0362. The Morgan fingerprint density at radius 3 is 2.65 bits per heavy atom. The van der Waals surface area contributed by atoms with Crippen molar-refractivity contribution >= 4 is 48.2 Å². The third kappa shape index (κ3) is 4.60. The van der Waals surface area contributed by atoms with Crippen LogP contribution in [0, 0.1) is 5.82 Å². The fourth-order valence-corrected chi connectivity index (χ4v) is 6.71. The van der Waals surface area contributed by atoms with Crippen LogP contribution in [0.15, 0.2) is 30.3 Å². The molecule has 0 bridgehead atoms. The van der Waals surface area contributed by atoms with Gasteiger partial charge in [-0.1, -0.05) is 18.2 Å². The molecule has 2 aliphatic rings. The summed E-state index contributed by atoms with van der Waals surface area (Å²) in [5.41, 5.74) is 0.656. The molecule has 4 rings (SSSR count). The maximum absolute atomic E-state index is 15.5. The van der Waals surface area contributed by atoms with E-state index in [-0.39, 0.29) is 24.2 Å². The normalized spacial score (nSPS) is 18.5. The van der Waals surface area contributed by atoms with Crippen LogP contribution in [0.3, 0.4) is 0 Å².